The molecule has 0 radical (unpaired) electrons. The molecule has 2 heterocycles. The Labute approximate surface area is 199 Å². The molecule has 1 fully saturated rings. The van der Waals surface area contributed by atoms with Crippen LogP contribution in [0.2, 0.25) is 0 Å². The van der Waals surface area contributed by atoms with Crippen molar-refractivity contribution in [1.29, 1.82) is 0 Å². The van der Waals surface area contributed by atoms with Gasteiger partial charge in [0.2, 0.25) is 0 Å². The van der Waals surface area contributed by atoms with Crippen LogP contribution in [0, 0.1) is 12.8 Å². The van der Waals surface area contributed by atoms with E-state index >= 15 is 0 Å². The molecule has 180 valence electrons. The van der Waals surface area contributed by atoms with Gasteiger partial charge in [0.15, 0.2) is 5.65 Å². The first-order valence-corrected chi connectivity index (χ1v) is 11.3. The monoisotopic (exact) mass is 480 g/mol. The van der Waals surface area contributed by atoms with Crippen molar-refractivity contribution in [2.75, 3.05) is 5.32 Å². The Balaban J connectivity index is 1.41. The summed E-state index contributed by atoms with van der Waals surface area (Å²) in [7, 11) is 0. The highest BCUT2D eigenvalue weighted by Gasteiger charge is 2.49. The highest BCUT2D eigenvalue weighted by molar-refractivity contribution is 6.04. The van der Waals surface area contributed by atoms with Gasteiger partial charge in [0.1, 0.15) is 11.7 Å². The third-order valence-corrected chi connectivity index (χ3v) is 6.19. The van der Waals surface area contributed by atoms with E-state index in [4.69, 9.17) is 0 Å². The fraction of sp³-hybridized carbons (Fsp3) is 0.269. The minimum atomic E-state index is -4.58. The lowest BCUT2D eigenvalue weighted by atomic mass is 9.89. The molecule has 0 aliphatic heterocycles. The van der Waals surface area contributed by atoms with Gasteiger partial charge in [-0.25, -0.2) is 9.50 Å². The van der Waals surface area contributed by atoms with E-state index in [1.807, 2.05) is 37.3 Å². The van der Waals surface area contributed by atoms with Gasteiger partial charge in [-0.3, -0.25) is 4.79 Å². The van der Waals surface area contributed by atoms with Gasteiger partial charge < -0.3 is 10.4 Å². The van der Waals surface area contributed by atoms with E-state index in [2.05, 4.69) is 15.4 Å². The molecular weight excluding hydrogens is 457 g/mol. The average Bonchev–Trinajstić information content (AvgIpc) is 3.60. The van der Waals surface area contributed by atoms with Gasteiger partial charge in [-0.1, -0.05) is 42.5 Å². The molecule has 2 aromatic heterocycles. The topological polar surface area (TPSA) is 79.5 Å². The number of carbonyl (C=O) groups excluding carboxylic acids is 1. The van der Waals surface area contributed by atoms with Crippen LogP contribution in [0.15, 0.2) is 66.7 Å². The van der Waals surface area contributed by atoms with Crippen LogP contribution in [-0.2, 0) is 0 Å². The summed E-state index contributed by atoms with van der Waals surface area (Å²) < 4.78 is 42.6. The fourth-order valence-corrected chi connectivity index (χ4v) is 4.29. The molecule has 4 aromatic rings. The maximum Gasteiger partial charge on any atom is 0.398 e. The number of aliphatic hydroxyl groups is 1. The van der Waals surface area contributed by atoms with E-state index in [1.54, 1.807) is 16.6 Å². The lowest BCUT2D eigenvalue weighted by Gasteiger charge is -2.26. The third-order valence-electron chi connectivity index (χ3n) is 6.19. The molecule has 1 aliphatic rings. The van der Waals surface area contributed by atoms with Crippen molar-refractivity contribution >= 4 is 17.4 Å². The van der Waals surface area contributed by atoms with Crippen LogP contribution < -0.4 is 5.32 Å². The normalized spacial score (nSPS) is 15.7. The number of aryl methyl sites for hydroxylation is 1. The standard InChI is InChI=1S/C26H23F3N4O2/c1-15-13-22-30-21(14-20(33(22)32-15)16-5-3-2-4-6-16)31-25(35)19-11-7-17(8-12-19)23(26(27,28)29)24(34)18-9-10-18/h2-8,11-14,18,23-24,34H,9-10H2,1H3,(H,30,31,35). The van der Waals surface area contributed by atoms with E-state index in [0.717, 1.165) is 17.0 Å². The number of rotatable bonds is 6. The minimum Gasteiger partial charge on any atom is -0.392 e. The molecular formula is C26H23F3N4O2. The highest BCUT2D eigenvalue weighted by Crippen LogP contribution is 2.46. The summed E-state index contributed by atoms with van der Waals surface area (Å²) in [5.74, 6) is -2.52. The number of alkyl halides is 3. The number of aromatic nitrogens is 3. The predicted molar refractivity (Wildman–Crippen MR) is 125 cm³/mol. The van der Waals surface area contributed by atoms with E-state index in [1.165, 1.54) is 24.3 Å². The van der Waals surface area contributed by atoms with Crippen LogP contribution in [0.3, 0.4) is 0 Å². The predicted octanol–water partition coefficient (Wildman–Crippen LogP) is 5.37. The van der Waals surface area contributed by atoms with E-state index in [-0.39, 0.29) is 17.0 Å². The first-order chi connectivity index (χ1) is 16.7. The molecule has 2 unspecified atom stereocenters. The van der Waals surface area contributed by atoms with Gasteiger partial charge in [0.25, 0.3) is 5.91 Å². The number of nitrogens with one attached hydrogen (secondary N) is 1. The number of hydrogen-bond acceptors (Lipinski definition) is 4. The molecule has 5 rings (SSSR count). The Hall–Kier alpha value is -3.72. The third kappa shape index (κ3) is 4.77. The van der Waals surface area contributed by atoms with Crippen molar-refractivity contribution < 1.29 is 23.1 Å². The van der Waals surface area contributed by atoms with E-state index < -0.39 is 24.1 Å². The van der Waals surface area contributed by atoms with Crippen molar-refractivity contribution in [2.24, 2.45) is 5.92 Å². The second-order valence-corrected chi connectivity index (χ2v) is 8.87. The zero-order chi connectivity index (χ0) is 24.7. The van der Waals surface area contributed by atoms with Crippen LogP contribution in [0.5, 0.6) is 0 Å². The molecule has 2 N–H and O–H groups in total. The maximum atomic E-state index is 13.6. The first kappa shape index (κ1) is 23.0. The largest absolute Gasteiger partial charge is 0.398 e. The van der Waals surface area contributed by atoms with Crippen LogP contribution in [0.1, 0.15) is 40.4 Å². The van der Waals surface area contributed by atoms with E-state index in [9.17, 15) is 23.1 Å². The molecule has 1 aliphatic carbocycles. The van der Waals surface area contributed by atoms with Crippen molar-refractivity contribution in [3.63, 3.8) is 0 Å². The molecule has 1 saturated carbocycles. The zero-order valence-corrected chi connectivity index (χ0v) is 18.8. The fourth-order valence-electron chi connectivity index (χ4n) is 4.29. The number of carbonyl (C=O) groups is 1. The first-order valence-electron chi connectivity index (χ1n) is 11.3. The number of nitrogens with zero attached hydrogens (tertiary/aromatic N) is 3. The lowest BCUT2D eigenvalue weighted by Crippen LogP contribution is -2.33. The lowest BCUT2D eigenvalue weighted by molar-refractivity contribution is -0.174. The number of fused-ring (bicyclic) bond motifs is 1. The Kier molecular flexibility index (Phi) is 5.80. The number of anilines is 1. The Morgan fingerprint density at radius 1 is 1.09 bits per heavy atom. The molecule has 0 saturated heterocycles. The molecule has 2 atom stereocenters. The van der Waals surface area contributed by atoms with E-state index in [0.29, 0.717) is 24.3 Å². The van der Waals surface area contributed by atoms with Crippen molar-refractivity contribution in [3.05, 3.63) is 83.6 Å². The molecule has 2 aromatic carbocycles. The second kappa shape index (κ2) is 8.81. The van der Waals surface area contributed by atoms with Crippen LogP contribution in [-0.4, -0.2) is 37.9 Å². The highest BCUT2D eigenvalue weighted by atomic mass is 19.4. The van der Waals surface area contributed by atoms with Crippen LogP contribution >= 0.6 is 0 Å². The molecule has 1 amide bonds. The van der Waals surface area contributed by atoms with Gasteiger partial charge in [-0.2, -0.15) is 18.3 Å². The van der Waals surface area contributed by atoms with Crippen LogP contribution in [0.4, 0.5) is 19.0 Å². The summed E-state index contributed by atoms with van der Waals surface area (Å²) in [6, 6.07) is 18.2. The average molecular weight is 480 g/mol. The summed E-state index contributed by atoms with van der Waals surface area (Å²) in [5, 5.41) is 17.4. The molecule has 9 heteroatoms. The molecule has 35 heavy (non-hydrogen) atoms. The Morgan fingerprint density at radius 3 is 2.40 bits per heavy atom. The Bertz CT molecular complexity index is 1360. The second-order valence-electron chi connectivity index (χ2n) is 8.87. The quantitative estimate of drug-likeness (QED) is 0.389. The molecule has 0 bridgehead atoms. The smallest absolute Gasteiger partial charge is 0.392 e. The number of hydrogen-bond donors (Lipinski definition) is 2. The molecule has 0 spiro atoms. The zero-order valence-electron chi connectivity index (χ0n) is 18.8. The Morgan fingerprint density at radius 2 is 1.77 bits per heavy atom. The van der Waals surface area contributed by atoms with Gasteiger partial charge >= 0.3 is 6.18 Å². The van der Waals surface area contributed by atoms with Gasteiger partial charge in [0, 0.05) is 23.3 Å². The number of halogens is 3. The SMILES string of the molecule is Cc1cc2nc(NC(=O)c3ccc(C(C(O)C4CC4)C(F)(F)F)cc3)cc(-c3ccccc3)n2n1. The van der Waals surface area contributed by atoms with Crippen molar-refractivity contribution in [3.8, 4) is 11.3 Å². The summed E-state index contributed by atoms with van der Waals surface area (Å²) in [4.78, 5) is 17.4. The summed E-state index contributed by atoms with van der Waals surface area (Å²) in [5.41, 5.74) is 3.06. The van der Waals surface area contributed by atoms with Gasteiger partial charge in [-0.05, 0) is 43.4 Å². The number of benzene rings is 2. The summed E-state index contributed by atoms with van der Waals surface area (Å²) in [6.07, 6.45) is -4.89. The number of amides is 1. The number of aliphatic hydroxyl groups excluding tert-OH is 1. The van der Waals surface area contributed by atoms with Gasteiger partial charge in [0.05, 0.1) is 17.5 Å². The minimum absolute atomic E-state index is 0.0610. The molecule has 6 nitrogen and oxygen atoms in total. The van der Waals surface area contributed by atoms with Gasteiger partial charge in [-0.15, -0.1) is 0 Å². The summed E-state index contributed by atoms with van der Waals surface area (Å²) in [6.45, 7) is 1.84. The van der Waals surface area contributed by atoms with Crippen LogP contribution in [0.25, 0.3) is 16.9 Å². The van der Waals surface area contributed by atoms with Crippen molar-refractivity contribution in [1.82, 2.24) is 14.6 Å². The maximum absolute atomic E-state index is 13.6. The van der Waals surface area contributed by atoms with Crippen molar-refractivity contribution in [2.45, 2.75) is 38.0 Å². The summed E-state index contributed by atoms with van der Waals surface area (Å²) >= 11 is 0.